The van der Waals surface area contributed by atoms with Crippen LogP contribution in [0.2, 0.25) is 0 Å². The Labute approximate surface area is 86.3 Å². The van der Waals surface area contributed by atoms with E-state index in [1.807, 2.05) is 6.92 Å². The molecule has 2 aromatic rings. The van der Waals surface area contributed by atoms with Gasteiger partial charge >= 0.3 is 0 Å². The van der Waals surface area contributed by atoms with Crippen LogP contribution in [0.15, 0.2) is 22.6 Å². The molecular formula is C10H12FN3O. The van der Waals surface area contributed by atoms with E-state index in [-0.39, 0.29) is 11.9 Å². The normalized spacial score (nSPS) is 13.0. The number of aromatic nitrogens is 1. The lowest BCUT2D eigenvalue weighted by atomic mass is 10.3. The van der Waals surface area contributed by atoms with E-state index in [2.05, 4.69) is 10.3 Å². The van der Waals surface area contributed by atoms with Crippen LogP contribution in [0.25, 0.3) is 11.1 Å². The summed E-state index contributed by atoms with van der Waals surface area (Å²) in [7, 11) is 0. The van der Waals surface area contributed by atoms with Crippen molar-refractivity contribution in [1.29, 1.82) is 0 Å². The topological polar surface area (TPSA) is 64.1 Å². The van der Waals surface area contributed by atoms with Crippen molar-refractivity contribution in [1.82, 2.24) is 4.98 Å². The maximum Gasteiger partial charge on any atom is 0.295 e. The second-order valence-electron chi connectivity index (χ2n) is 3.49. The fourth-order valence-electron chi connectivity index (χ4n) is 1.22. The van der Waals surface area contributed by atoms with Gasteiger partial charge in [-0.05, 0) is 19.1 Å². The van der Waals surface area contributed by atoms with Gasteiger partial charge in [0.05, 0.1) is 0 Å². The quantitative estimate of drug-likeness (QED) is 0.808. The first-order chi connectivity index (χ1) is 7.15. The summed E-state index contributed by atoms with van der Waals surface area (Å²) < 4.78 is 18.2. The number of hydrogen-bond acceptors (Lipinski definition) is 4. The molecule has 2 rings (SSSR count). The summed E-state index contributed by atoms with van der Waals surface area (Å²) in [4.78, 5) is 4.07. The molecule has 0 radical (unpaired) electrons. The largest absolute Gasteiger partial charge is 0.424 e. The Kier molecular flexibility index (Phi) is 2.55. The molecule has 1 aromatic heterocycles. The van der Waals surface area contributed by atoms with Gasteiger partial charge in [0.15, 0.2) is 5.58 Å². The van der Waals surface area contributed by atoms with Crippen LogP contribution < -0.4 is 11.1 Å². The summed E-state index contributed by atoms with van der Waals surface area (Å²) in [6.45, 7) is 2.44. The molecule has 0 fully saturated rings. The lowest BCUT2D eigenvalue weighted by molar-refractivity contribution is 0.605. The lowest BCUT2D eigenvalue weighted by Gasteiger charge is -2.03. The van der Waals surface area contributed by atoms with Gasteiger partial charge in [-0.1, -0.05) is 0 Å². The molecule has 80 valence electrons. The fraction of sp³-hybridized carbons (Fsp3) is 0.300. The summed E-state index contributed by atoms with van der Waals surface area (Å²) in [5, 5.41) is 2.93. The van der Waals surface area contributed by atoms with Crippen LogP contribution in [0.4, 0.5) is 10.4 Å². The molecule has 3 N–H and O–H groups in total. The summed E-state index contributed by atoms with van der Waals surface area (Å²) in [5.74, 6) is -0.324. The molecular weight excluding hydrogens is 197 g/mol. The third-order valence-corrected chi connectivity index (χ3v) is 1.92. The minimum atomic E-state index is -0.324. The number of rotatable bonds is 3. The summed E-state index contributed by atoms with van der Waals surface area (Å²) in [6.07, 6.45) is 0. The number of halogens is 1. The van der Waals surface area contributed by atoms with Crippen LogP contribution in [0, 0.1) is 5.82 Å². The Bertz CT molecular complexity index is 467. The van der Waals surface area contributed by atoms with E-state index in [4.69, 9.17) is 10.2 Å². The van der Waals surface area contributed by atoms with Crippen molar-refractivity contribution in [3.8, 4) is 0 Å². The third kappa shape index (κ3) is 2.24. The van der Waals surface area contributed by atoms with Gasteiger partial charge in [-0.2, -0.15) is 4.98 Å². The second kappa shape index (κ2) is 3.86. The highest BCUT2D eigenvalue weighted by Crippen LogP contribution is 2.19. The third-order valence-electron chi connectivity index (χ3n) is 1.92. The molecule has 4 nitrogen and oxygen atoms in total. The first kappa shape index (κ1) is 9.92. The predicted molar refractivity (Wildman–Crippen MR) is 56.1 cm³/mol. The molecule has 15 heavy (non-hydrogen) atoms. The average molecular weight is 209 g/mol. The molecule has 0 saturated heterocycles. The zero-order valence-corrected chi connectivity index (χ0v) is 8.33. The molecule has 0 saturated carbocycles. The number of nitrogens with one attached hydrogen (secondary N) is 1. The number of nitrogens with two attached hydrogens (primary N) is 1. The number of nitrogens with zero attached hydrogens (tertiary/aromatic N) is 1. The maximum absolute atomic E-state index is 12.8. The SMILES string of the molecule is CC(N)CNc1nc2cc(F)ccc2o1. The smallest absolute Gasteiger partial charge is 0.295 e. The van der Waals surface area contributed by atoms with E-state index in [0.29, 0.717) is 23.7 Å². The van der Waals surface area contributed by atoms with Crippen molar-refractivity contribution in [2.75, 3.05) is 11.9 Å². The van der Waals surface area contributed by atoms with Crippen molar-refractivity contribution < 1.29 is 8.81 Å². The van der Waals surface area contributed by atoms with Crippen LogP contribution in [-0.2, 0) is 0 Å². The van der Waals surface area contributed by atoms with E-state index >= 15 is 0 Å². The van der Waals surface area contributed by atoms with Gasteiger partial charge in [0.1, 0.15) is 11.3 Å². The Morgan fingerprint density at radius 3 is 3.13 bits per heavy atom. The molecule has 0 amide bonds. The minimum Gasteiger partial charge on any atom is -0.424 e. The molecule has 1 aromatic carbocycles. The van der Waals surface area contributed by atoms with E-state index in [0.717, 1.165) is 0 Å². The monoisotopic (exact) mass is 209 g/mol. The van der Waals surface area contributed by atoms with Crippen LogP contribution in [-0.4, -0.2) is 17.6 Å². The van der Waals surface area contributed by atoms with Crippen LogP contribution in [0.5, 0.6) is 0 Å². The molecule has 1 atom stereocenters. The van der Waals surface area contributed by atoms with Crippen molar-refractivity contribution in [2.45, 2.75) is 13.0 Å². The lowest BCUT2D eigenvalue weighted by Crippen LogP contribution is -2.25. The standard InChI is InChI=1S/C10H12FN3O/c1-6(12)5-13-10-14-8-4-7(11)2-3-9(8)15-10/h2-4,6H,5,12H2,1H3,(H,13,14). The Balaban J connectivity index is 2.23. The number of hydrogen-bond donors (Lipinski definition) is 2. The van der Waals surface area contributed by atoms with Crippen LogP contribution >= 0.6 is 0 Å². The summed E-state index contributed by atoms with van der Waals surface area (Å²) >= 11 is 0. The second-order valence-corrected chi connectivity index (χ2v) is 3.49. The van der Waals surface area contributed by atoms with Crippen molar-refractivity contribution >= 4 is 17.1 Å². The fourth-order valence-corrected chi connectivity index (χ4v) is 1.22. The van der Waals surface area contributed by atoms with Crippen molar-refractivity contribution in [3.05, 3.63) is 24.0 Å². The highest BCUT2D eigenvalue weighted by atomic mass is 19.1. The van der Waals surface area contributed by atoms with Gasteiger partial charge < -0.3 is 15.5 Å². The Morgan fingerprint density at radius 2 is 2.40 bits per heavy atom. The minimum absolute atomic E-state index is 0.0109. The van der Waals surface area contributed by atoms with Crippen molar-refractivity contribution in [2.24, 2.45) is 5.73 Å². The Hall–Kier alpha value is -1.62. The van der Waals surface area contributed by atoms with E-state index in [1.165, 1.54) is 12.1 Å². The number of anilines is 1. The van der Waals surface area contributed by atoms with Gasteiger partial charge in [0.25, 0.3) is 6.01 Å². The van der Waals surface area contributed by atoms with Gasteiger partial charge in [0, 0.05) is 18.7 Å². The molecule has 0 aliphatic rings. The first-order valence-electron chi connectivity index (χ1n) is 4.70. The Morgan fingerprint density at radius 1 is 1.60 bits per heavy atom. The summed E-state index contributed by atoms with van der Waals surface area (Å²) in [6, 6.07) is 4.60. The molecule has 0 bridgehead atoms. The first-order valence-corrected chi connectivity index (χ1v) is 4.70. The average Bonchev–Trinajstić information content (AvgIpc) is 2.56. The zero-order chi connectivity index (χ0) is 10.8. The van der Waals surface area contributed by atoms with Crippen LogP contribution in [0.1, 0.15) is 6.92 Å². The van der Waals surface area contributed by atoms with Crippen LogP contribution in [0.3, 0.4) is 0 Å². The molecule has 1 heterocycles. The van der Waals surface area contributed by atoms with Gasteiger partial charge in [-0.25, -0.2) is 4.39 Å². The number of fused-ring (bicyclic) bond motifs is 1. The van der Waals surface area contributed by atoms with Gasteiger partial charge in [-0.3, -0.25) is 0 Å². The molecule has 0 spiro atoms. The predicted octanol–water partition coefficient (Wildman–Crippen LogP) is 1.73. The van der Waals surface area contributed by atoms with E-state index in [1.54, 1.807) is 6.07 Å². The number of oxazole rings is 1. The van der Waals surface area contributed by atoms with Crippen molar-refractivity contribution in [3.63, 3.8) is 0 Å². The van der Waals surface area contributed by atoms with Gasteiger partial charge in [0.2, 0.25) is 0 Å². The van der Waals surface area contributed by atoms with Gasteiger partial charge in [-0.15, -0.1) is 0 Å². The zero-order valence-electron chi connectivity index (χ0n) is 8.33. The molecule has 1 unspecified atom stereocenters. The number of benzene rings is 1. The molecule has 0 aliphatic carbocycles. The summed E-state index contributed by atoms with van der Waals surface area (Å²) in [5.41, 5.74) is 6.63. The highest BCUT2D eigenvalue weighted by molar-refractivity contribution is 5.74. The highest BCUT2D eigenvalue weighted by Gasteiger charge is 2.06. The molecule has 0 aliphatic heterocycles. The molecule has 5 heteroatoms. The van der Waals surface area contributed by atoms with E-state index < -0.39 is 0 Å². The van der Waals surface area contributed by atoms with E-state index in [9.17, 15) is 4.39 Å². The maximum atomic E-state index is 12.8.